The molecule has 0 unspecified atom stereocenters. The lowest BCUT2D eigenvalue weighted by atomic mass is 10.2. The van der Waals surface area contributed by atoms with E-state index in [1.807, 2.05) is 0 Å². The lowest BCUT2D eigenvalue weighted by molar-refractivity contribution is 0.0997. The number of nitrogens with one attached hydrogen (secondary N) is 1. The van der Waals surface area contributed by atoms with Crippen molar-refractivity contribution >= 4 is 45.8 Å². The van der Waals surface area contributed by atoms with Crippen LogP contribution >= 0.6 is 23.2 Å². The first kappa shape index (κ1) is 14.6. The van der Waals surface area contributed by atoms with Crippen molar-refractivity contribution in [2.24, 2.45) is 0 Å². The molecule has 0 spiro atoms. The summed E-state index contributed by atoms with van der Waals surface area (Å²) in [6.07, 6.45) is 0. The van der Waals surface area contributed by atoms with Gasteiger partial charge >= 0.3 is 0 Å². The molecule has 3 rings (SSSR count). The fourth-order valence-corrected chi connectivity index (χ4v) is 2.35. The van der Waals surface area contributed by atoms with E-state index in [0.29, 0.717) is 21.7 Å². The van der Waals surface area contributed by atoms with E-state index in [-0.39, 0.29) is 16.2 Å². The largest absolute Gasteiger partial charge is 0.451 e. The molecule has 0 aliphatic rings. The molecule has 1 amide bonds. The van der Waals surface area contributed by atoms with Crippen LogP contribution in [0.5, 0.6) is 0 Å². The number of fused-ring (bicyclic) bond motifs is 1. The Morgan fingerprint density at radius 2 is 1.82 bits per heavy atom. The molecule has 0 saturated carbocycles. The van der Waals surface area contributed by atoms with Gasteiger partial charge in [0, 0.05) is 6.07 Å². The summed E-state index contributed by atoms with van der Waals surface area (Å²) in [4.78, 5) is 24.2. The minimum Gasteiger partial charge on any atom is -0.451 e. The predicted octanol–water partition coefficient (Wildman–Crippen LogP) is 4.35. The van der Waals surface area contributed by atoms with E-state index in [1.54, 1.807) is 42.5 Å². The van der Waals surface area contributed by atoms with Crippen LogP contribution in [-0.4, -0.2) is 5.91 Å². The van der Waals surface area contributed by atoms with Crippen molar-refractivity contribution < 1.29 is 9.21 Å². The van der Waals surface area contributed by atoms with Gasteiger partial charge in [0.05, 0.1) is 21.1 Å². The highest BCUT2D eigenvalue weighted by atomic mass is 35.5. The first-order valence-corrected chi connectivity index (χ1v) is 7.10. The Hall–Kier alpha value is -2.30. The van der Waals surface area contributed by atoms with Crippen molar-refractivity contribution in [1.82, 2.24) is 0 Å². The number of hydrogen-bond acceptors (Lipinski definition) is 3. The number of para-hydroxylation sites is 1. The number of anilines is 1. The van der Waals surface area contributed by atoms with Crippen LogP contribution < -0.4 is 10.7 Å². The Morgan fingerprint density at radius 1 is 1.05 bits per heavy atom. The van der Waals surface area contributed by atoms with Crippen molar-refractivity contribution in [1.29, 1.82) is 0 Å². The number of rotatable bonds is 2. The summed E-state index contributed by atoms with van der Waals surface area (Å²) < 4.78 is 5.46. The molecule has 110 valence electrons. The number of amides is 1. The van der Waals surface area contributed by atoms with Gasteiger partial charge < -0.3 is 9.73 Å². The monoisotopic (exact) mass is 333 g/mol. The third-order valence-corrected chi connectivity index (χ3v) is 3.88. The van der Waals surface area contributed by atoms with Crippen molar-refractivity contribution in [3.8, 4) is 0 Å². The van der Waals surface area contributed by atoms with Crippen molar-refractivity contribution in [3.63, 3.8) is 0 Å². The van der Waals surface area contributed by atoms with Crippen LogP contribution in [0.1, 0.15) is 10.6 Å². The molecule has 0 aliphatic carbocycles. The van der Waals surface area contributed by atoms with Crippen molar-refractivity contribution in [3.05, 3.63) is 74.6 Å². The quantitative estimate of drug-likeness (QED) is 0.758. The lowest BCUT2D eigenvalue weighted by Gasteiger charge is -2.08. The number of carbonyl (C=O) groups excluding carboxylic acids is 1. The number of carbonyl (C=O) groups is 1. The highest BCUT2D eigenvalue weighted by Gasteiger charge is 2.14. The van der Waals surface area contributed by atoms with Crippen LogP contribution in [-0.2, 0) is 0 Å². The summed E-state index contributed by atoms with van der Waals surface area (Å²) in [5.74, 6) is -0.674. The van der Waals surface area contributed by atoms with Gasteiger partial charge in [-0.2, -0.15) is 0 Å². The Labute approximate surface area is 135 Å². The van der Waals surface area contributed by atoms with E-state index >= 15 is 0 Å². The molecular weight excluding hydrogens is 325 g/mol. The van der Waals surface area contributed by atoms with Gasteiger partial charge in [0.15, 0.2) is 11.2 Å². The van der Waals surface area contributed by atoms with E-state index in [9.17, 15) is 9.59 Å². The van der Waals surface area contributed by atoms with Gasteiger partial charge in [-0.1, -0.05) is 41.4 Å². The zero-order valence-electron chi connectivity index (χ0n) is 11.1. The maximum Gasteiger partial charge on any atom is 0.291 e. The average molecular weight is 334 g/mol. The number of benzene rings is 2. The molecular formula is C16H9Cl2NO3. The van der Waals surface area contributed by atoms with Crippen LogP contribution in [0.15, 0.2) is 57.7 Å². The highest BCUT2D eigenvalue weighted by Crippen LogP contribution is 2.29. The van der Waals surface area contributed by atoms with Crippen LogP contribution in [0.3, 0.4) is 0 Å². The smallest absolute Gasteiger partial charge is 0.291 e. The molecule has 22 heavy (non-hydrogen) atoms. The van der Waals surface area contributed by atoms with Gasteiger partial charge in [-0.15, -0.1) is 0 Å². The van der Waals surface area contributed by atoms with Gasteiger partial charge in [-0.25, -0.2) is 0 Å². The standard InChI is InChI=1S/C16H9Cl2NO3/c17-10-5-3-6-11(15(10)18)19-16(21)14-8-12(20)9-4-1-2-7-13(9)22-14/h1-8H,(H,19,21). The lowest BCUT2D eigenvalue weighted by Crippen LogP contribution is -2.15. The van der Waals surface area contributed by atoms with E-state index in [1.165, 1.54) is 0 Å². The second kappa shape index (κ2) is 5.83. The second-order valence-electron chi connectivity index (χ2n) is 4.53. The summed E-state index contributed by atoms with van der Waals surface area (Å²) in [6.45, 7) is 0. The van der Waals surface area contributed by atoms with Gasteiger partial charge in [-0.3, -0.25) is 9.59 Å². The summed E-state index contributed by atoms with van der Waals surface area (Å²) in [5, 5.41) is 3.53. The molecule has 1 heterocycles. The molecule has 0 atom stereocenters. The molecule has 2 aromatic carbocycles. The molecule has 4 nitrogen and oxygen atoms in total. The van der Waals surface area contributed by atoms with E-state index in [2.05, 4.69) is 5.32 Å². The Kier molecular flexibility index (Phi) is 3.88. The third kappa shape index (κ3) is 2.71. The first-order chi connectivity index (χ1) is 10.6. The summed E-state index contributed by atoms with van der Waals surface area (Å²) in [7, 11) is 0. The van der Waals surface area contributed by atoms with E-state index < -0.39 is 5.91 Å². The summed E-state index contributed by atoms with van der Waals surface area (Å²) >= 11 is 11.9. The van der Waals surface area contributed by atoms with Gasteiger partial charge in [0.25, 0.3) is 5.91 Å². The van der Waals surface area contributed by atoms with E-state index in [4.69, 9.17) is 27.6 Å². The highest BCUT2D eigenvalue weighted by molar-refractivity contribution is 6.44. The Morgan fingerprint density at radius 3 is 2.64 bits per heavy atom. The predicted molar refractivity (Wildman–Crippen MR) is 86.9 cm³/mol. The molecule has 3 aromatic rings. The zero-order valence-corrected chi connectivity index (χ0v) is 12.6. The van der Waals surface area contributed by atoms with Crippen LogP contribution in [0.4, 0.5) is 5.69 Å². The maximum absolute atomic E-state index is 12.2. The maximum atomic E-state index is 12.2. The van der Waals surface area contributed by atoms with Crippen LogP contribution in [0, 0.1) is 0 Å². The molecule has 0 fully saturated rings. The van der Waals surface area contributed by atoms with Gasteiger partial charge in [-0.05, 0) is 24.3 Å². The van der Waals surface area contributed by atoms with Gasteiger partial charge in [0.2, 0.25) is 0 Å². The van der Waals surface area contributed by atoms with Crippen LogP contribution in [0.2, 0.25) is 10.0 Å². The average Bonchev–Trinajstić information content (AvgIpc) is 2.52. The molecule has 1 N–H and O–H groups in total. The first-order valence-electron chi connectivity index (χ1n) is 6.34. The second-order valence-corrected chi connectivity index (χ2v) is 5.31. The molecule has 1 aromatic heterocycles. The van der Waals surface area contributed by atoms with Crippen molar-refractivity contribution in [2.75, 3.05) is 5.32 Å². The SMILES string of the molecule is O=C(Nc1cccc(Cl)c1Cl)c1cc(=O)c2ccccc2o1. The van der Waals surface area contributed by atoms with Crippen molar-refractivity contribution in [2.45, 2.75) is 0 Å². The topological polar surface area (TPSA) is 59.3 Å². The van der Waals surface area contributed by atoms with E-state index in [0.717, 1.165) is 6.07 Å². The summed E-state index contributed by atoms with van der Waals surface area (Å²) in [6, 6.07) is 12.7. The molecule has 0 radical (unpaired) electrons. The zero-order chi connectivity index (χ0) is 15.7. The van der Waals surface area contributed by atoms with Gasteiger partial charge in [0.1, 0.15) is 5.58 Å². The number of hydrogen-bond donors (Lipinski definition) is 1. The fraction of sp³-hybridized carbons (Fsp3) is 0. The molecule has 0 aliphatic heterocycles. The summed E-state index contributed by atoms with van der Waals surface area (Å²) in [5.41, 5.74) is 0.400. The molecule has 0 saturated heterocycles. The fourth-order valence-electron chi connectivity index (χ4n) is 2.00. The minimum atomic E-state index is -0.577. The number of halogens is 2. The third-order valence-electron chi connectivity index (χ3n) is 3.06. The van der Waals surface area contributed by atoms with Crippen LogP contribution in [0.25, 0.3) is 11.0 Å². The minimum absolute atomic E-state index is 0.0975. The molecule has 6 heteroatoms. The Balaban J connectivity index is 1.99. The normalized spacial score (nSPS) is 10.6. The molecule has 0 bridgehead atoms. The Bertz CT molecular complexity index is 934.